The molecule has 0 saturated carbocycles. The summed E-state index contributed by atoms with van der Waals surface area (Å²) in [5.74, 6) is 1.61. The molecule has 1 heterocycles. The van der Waals surface area contributed by atoms with Crippen LogP contribution in [0.25, 0.3) is 11.5 Å². The number of rotatable bonds is 9. The smallest absolute Gasteiger partial charge is 0.309 e. The van der Waals surface area contributed by atoms with Crippen molar-refractivity contribution in [1.82, 2.24) is 4.98 Å². The first-order valence-corrected chi connectivity index (χ1v) is 9.17. The third kappa shape index (κ3) is 5.61. The first-order chi connectivity index (χ1) is 13.6. The number of hydrogen-bond donors (Lipinski definition) is 0. The van der Waals surface area contributed by atoms with Crippen molar-refractivity contribution in [2.24, 2.45) is 0 Å². The normalized spacial score (nSPS) is 10.5. The van der Waals surface area contributed by atoms with Gasteiger partial charge in [0.05, 0.1) is 19.6 Å². The van der Waals surface area contributed by atoms with Crippen LogP contribution in [0, 0.1) is 6.92 Å². The van der Waals surface area contributed by atoms with Gasteiger partial charge in [0, 0.05) is 5.56 Å². The number of ether oxygens (including phenoxy) is 3. The maximum Gasteiger partial charge on any atom is 0.309 e. The molecule has 0 spiro atoms. The van der Waals surface area contributed by atoms with Crippen LogP contribution in [0.15, 0.2) is 59.2 Å². The van der Waals surface area contributed by atoms with Crippen LogP contribution in [0.4, 0.5) is 0 Å². The number of carbonyl (C=O) groups excluding carboxylic acids is 1. The largest absolute Gasteiger partial charge is 0.494 e. The molecule has 0 radical (unpaired) electrons. The molecule has 2 aromatic carbocycles. The van der Waals surface area contributed by atoms with Crippen LogP contribution in [0.2, 0.25) is 0 Å². The lowest BCUT2D eigenvalue weighted by atomic mass is 10.1. The van der Waals surface area contributed by atoms with E-state index in [0.29, 0.717) is 23.9 Å². The molecule has 0 aliphatic carbocycles. The first kappa shape index (κ1) is 19.5. The molecule has 0 aliphatic heterocycles. The quantitative estimate of drug-likeness (QED) is 0.506. The summed E-state index contributed by atoms with van der Waals surface area (Å²) in [4.78, 5) is 16.2. The van der Waals surface area contributed by atoms with Crippen molar-refractivity contribution in [1.29, 1.82) is 0 Å². The Morgan fingerprint density at radius 2 is 1.68 bits per heavy atom. The summed E-state index contributed by atoms with van der Waals surface area (Å²) in [6.07, 6.45) is 1.65. The molecule has 0 N–H and O–H groups in total. The average molecular weight is 381 g/mol. The van der Waals surface area contributed by atoms with Crippen molar-refractivity contribution in [2.45, 2.75) is 26.9 Å². The van der Waals surface area contributed by atoms with Gasteiger partial charge in [0.25, 0.3) is 0 Å². The monoisotopic (exact) mass is 381 g/mol. The van der Waals surface area contributed by atoms with E-state index in [4.69, 9.17) is 18.6 Å². The van der Waals surface area contributed by atoms with Crippen LogP contribution >= 0.6 is 0 Å². The highest BCUT2D eigenvalue weighted by molar-refractivity contribution is 5.69. The highest BCUT2D eigenvalue weighted by Gasteiger charge is 2.09. The second kappa shape index (κ2) is 9.60. The number of aryl methyl sites for hydroxylation is 1. The molecule has 6 nitrogen and oxygen atoms in total. The highest BCUT2D eigenvalue weighted by atomic mass is 16.5. The van der Waals surface area contributed by atoms with Crippen molar-refractivity contribution < 1.29 is 23.4 Å². The fourth-order valence-corrected chi connectivity index (χ4v) is 2.48. The Balaban J connectivity index is 1.40. The Hall–Kier alpha value is -3.28. The zero-order valence-corrected chi connectivity index (χ0v) is 16.0. The molecule has 6 heteroatoms. The van der Waals surface area contributed by atoms with Gasteiger partial charge in [-0.1, -0.05) is 17.7 Å². The number of nitrogens with zero attached hydrogens (tertiary/aromatic N) is 1. The minimum absolute atomic E-state index is 0.0667. The molecule has 0 bridgehead atoms. The molecule has 0 unspecified atom stereocenters. The highest BCUT2D eigenvalue weighted by Crippen LogP contribution is 2.20. The summed E-state index contributed by atoms with van der Waals surface area (Å²) in [5, 5.41) is 0. The number of aromatic nitrogens is 1. The number of hydrogen-bond acceptors (Lipinski definition) is 6. The summed E-state index contributed by atoms with van der Waals surface area (Å²) < 4.78 is 21.6. The Morgan fingerprint density at radius 1 is 1.00 bits per heavy atom. The van der Waals surface area contributed by atoms with Crippen LogP contribution in [0.5, 0.6) is 11.5 Å². The van der Waals surface area contributed by atoms with E-state index in [-0.39, 0.29) is 25.6 Å². The minimum atomic E-state index is -0.356. The third-order valence-corrected chi connectivity index (χ3v) is 3.94. The summed E-state index contributed by atoms with van der Waals surface area (Å²) in [6.45, 7) is 4.86. The fourth-order valence-electron chi connectivity index (χ4n) is 2.48. The molecule has 146 valence electrons. The molecule has 0 atom stereocenters. The van der Waals surface area contributed by atoms with Gasteiger partial charge in [-0.3, -0.25) is 4.79 Å². The van der Waals surface area contributed by atoms with Gasteiger partial charge in [0.2, 0.25) is 5.89 Å². The second-order valence-electron chi connectivity index (χ2n) is 6.17. The molecule has 0 aliphatic rings. The van der Waals surface area contributed by atoms with E-state index in [0.717, 1.165) is 16.9 Å². The van der Waals surface area contributed by atoms with Crippen LogP contribution in [0.1, 0.15) is 24.6 Å². The van der Waals surface area contributed by atoms with Gasteiger partial charge in [-0.05, 0) is 50.2 Å². The molecular formula is C22H23NO5. The zero-order valence-electron chi connectivity index (χ0n) is 16.0. The Labute approximate surface area is 164 Å². The lowest BCUT2D eigenvalue weighted by molar-refractivity contribution is -0.145. The fraction of sp³-hybridized carbons (Fsp3) is 0.273. The lowest BCUT2D eigenvalue weighted by Crippen LogP contribution is -2.10. The van der Waals surface area contributed by atoms with Gasteiger partial charge in [0.15, 0.2) is 0 Å². The average Bonchev–Trinajstić information content (AvgIpc) is 3.18. The van der Waals surface area contributed by atoms with Crippen LogP contribution in [0.3, 0.4) is 0 Å². The van der Waals surface area contributed by atoms with E-state index in [1.165, 1.54) is 6.26 Å². The van der Waals surface area contributed by atoms with Crippen molar-refractivity contribution in [2.75, 3.05) is 13.2 Å². The van der Waals surface area contributed by atoms with Gasteiger partial charge >= 0.3 is 5.97 Å². The second-order valence-corrected chi connectivity index (χ2v) is 6.17. The SMILES string of the molecule is CCOc1ccc(OCCC(=O)OCc2coc(-c3ccc(C)cc3)n2)cc1. The zero-order chi connectivity index (χ0) is 19.8. The van der Waals surface area contributed by atoms with Gasteiger partial charge in [-0.15, -0.1) is 0 Å². The molecule has 0 saturated heterocycles. The summed E-state index contributed by atoms with van der Waals surface area (Å²) >= 11 is 0. The van der Waals surface area contributed by atoms with E-state index in [1.807, 2.05) is 50.2 Å². The number of carbonyl (C=O) groups is 1. The van der Waals surface area contributed by atoms with Crippen molar-refractivity contribution in [3.63, 3.8) is 0 Å². The van der Waals surface area contributed by atoms with E-state index >= 15 is 0 Å². The lowest BCUT2D eigenvalue weighted by Gasteiger charge is -2.07. The molecule has 28 heavy (non-hydrogen) atoms. The third-order valence-electron chi connectivity index (χ3n) is 3.94. The van der Waals surface area contributed by atoms with Crippen molar-refractivity contribution in [3.8, 4) is 23.0 Å². The van der Waals surface area contributed by atoms with Gasteiger partial charge in [-0.2, -0.15) is 0 Å². The van der Waals surface area contributed by atoms with Crippen LogP contribution in [-0.4, -0.2) is 24.2 Å². The molecule has 3 rings (SSSR count). The predicted octanol–water partition coefficient (Wildman–Crippen LogP) is 4.56. The Kier molecular flexibility index (Phi) is 6.68. The maximum absolute atomic E-state index is 11.9. The Bertz CT molecular complexity index is 884. The minimum Gasteiger partial charge on any atom is -0.494 e. The van der Waals surface area contributed by atoms with E-state index in [2.05, 4.69) is 4.98 Å². The van der Waals surface area contributed by atoms with Crippen molar-refractivity contribution in [3.05, 3.63) is 66.1 Å². The summed E-state index contributed by atoms with van der Waals surface area (Å²) in [5.41, 5.74) is 2.61. The van der Waals surface area contributed by atoms with E-state index in [9.17, 15) is 4.79 Å². The molecule has 3 aromatic rings. The van der Waals surface area contributed by atoms with Gasteiger partial charge < -0.3 is 18.6 Å². The molecule has 1 aromatic heterocycles. The van der Waals surface area contributed by atoms with E-state index < -0.39 is 0 Å². The standard InChI is InChI=1S/C22H23NO5/c1-3-25-19-8-10-20(11-9-19)26-13-12-21(24)27-14-18-15-28-22(23-18)17-6-4-16(2)5-7-17/h4-11,15H,3,12-14H2,1-2H3. The number of benzene rings is 2. The number of oxazole rings is 1. The van der Waals surface area contributed by atoms with Crippen LogP contribution in [-0.2, 0) is 16.1 Å². The summed E-state index contributed by atoms with van der Waals surface area (Å²) in [7, 11) is 0. The molecular weight excluding hydrogens is 358 g/mol. The Morgan fingerprint density at radius 3 is 2.36 bits per heavy atom. The first-order valence-electron chi connectivity index (χ1n) is 9.17. The van der Waals surface area contributed by atoms with Crippen molar-refractivity contribution >= 4 is 5.97 Å². The summed E-state index contributed by atoms with van der Waals surface area (Å²) in [6, 6.07) is 15.1. The van der Waals surface area contributed by atoms with Crippen LogP contribution < -0.4 is 9.47 Å². The molecule has 0 fully saturated rings. The maximum atomic E-state index is 11.9. The van der Waals surface area contributed by atoms with E-state index in [1.54, 1.807) is 12.1 Å². The van der Waals surface area contributed by atoms with Gasteiger partial charge in [-0.25, -0.2) is 4.98 Å². The molecule has 0 amide bonds. The predicted molar refractivity (Wildman–Crippen MR) is 104 cm³/mol. The number of esters is 1. The topological polar surface area (TPSA) is 70.8 Å². The van der Waals surface area contributed by atoms with Gasteiger partial charge in [0.1, 0.15) is 30.1 Å².